The highest BCUT2D eigenvalue weighted by Gasteiger charge is 2.23. The maximum atomic E-state index is 13.1. The lowest BCUT2D eigenvalue weighted by atomic mass is 10.3. The van der Waals surface area contributed by atoms with Crippen LogP contribution >= 0.6 is 0 Å². The average Bonchev–Trinajstić information content (AvgIpc) is 2.78. The van der Waals surface area contributed by atoms with E-state index in [4.69, 9.17) is 0 Å². The summed E-state index contributed by atoms with van der Waals surface area (Å²) in [5.74, 6) is -1.47. The number of halogens is 2. The second-order valence-corrected chi connectivity index (χ2v) is 6.22. The Balaban J connectivity index is 2.27. The van der Waals surface area contributed by atoms with E-state index < -0.39 is 21.7 Å². The Morgan fingerprint density at radius 3 is 2.55 bits per heavy atom. The molecule has 0 saturated carbocycles. The average molecular weight is 302 g/mol. The van der Waals surface area contributed by atoms with E-state index in [1.54, 1.807) is 6.92 Å². The van der Waals surface area contributed by atoms with Gasteiger partial charge in [0.25, 0.3) is 0 Å². The Bertz CT molecular complexity index is 730. The molecule has 0 unspecified atom stereocenters. The van der Waals surface area contributed by atoms with Crippen LogP contribution in [0.4, 0.5) is 8.78 Å². The molecule has 0 saturated heterocycles. The van der Waals surface area contributed by atoms with Crippen molar-refractivity contribution in [1.82, 2.24) is 19.5 Å². The van der Waals surface area contributed by atoms with E-state index in [1.807, 2.05) is 0 Å². The third-order valence-corrected chi connectivity index (χ3v) is 4.41. The molecule has 1 aromatic carbocycles. The second kappa shape index (κ2) is 5.25. The highest BCUT2D eigenvalue weighted by atomic mass is 32.2. The molecule has 0 spiro atoms. The Morgan fingerprint density at radius 2 is 2.00 bits per heavy atom. The van der Waals surface area contributed by atoms with Crippen LogP contribution in [0.3, 0.4) is 0 Å². The molecule has 1 N–H and O–H groups in total. The topological polar surface area (TPSA) is 79.0 Å². The third-order valence-electron chi connectivity index (χ3n) is 2.61. The summed E-state index contributed by atoms with van der Waals surface area (Å²) in [6.07, 6.45) is 0. The smallest absolute Gasteiger partial charge is 0.243 e. The van der Waals surface area contributed by atoms with Crippen LogP contribution in [0, 0.1) is 18.6 Å². The number of H-pyrrole nitrogens is 1. The molecule has 9 heteroatoms. The molecule has 0 aliphatic carbocycles. The minimum Gasteiger partial charge on any atom is -0.263 e. The molecule has 0 amide bonds. The highest BCUT2D eigenvalue weighted by molar-refractivity contribution is 7.89. The summed E-state index contributed by atoms with van der Waals surface area (Å²) in [6.45, 7) is 1.60. The largest absolute Gasteiger partial charge is 0.263 e. The summed E-state index contributed by atoms with van der Waals surface area (Å²) in [5, 5.41) is 6.41. The van der Waals surface area contributed by atoms with Gasteiger partial charge in [-0.05, 0) is 25.1 Å². The standard InChI is InChI=1S/C11H12F2N4O2S/c1-7-14-11(16-15-7)6-17(2)20(18,19)8-3-4-9(12)10(13)5-8/h3-5H,6H2,1-2H3,(H,14,15,16). The summed E-state index contributed by atoms with van der Waals surface area (Å²) in [5.41, 5.74) is 0. The summed E-state index contributed by atoms with van der Waals surface area (Å²) in [7, 11) is -2.63. The van der Waals surface area contributed by atoms with Crippen molar-refractivity contribution >= 4 is 10.0 Å². The molecule has 2 aromatic rings. The molecular formula is C11H12F2N4O2S. The van der Waals surface area contributed by atoms with Crippen LogP contribution in [-0.4, -0.2) is 35.0 Å². The number of aryl methyl sites for hydroxylation is 1. The quantitative estimate of drug-likeness (QED) is 0.921. The van der Waals surface area contributed by atoms with Crippen molar-refractivity contribution in [2.45, 2.75) is 18.4 Å². The molecule has 108 valence electrons. The molecule has 0 aliphatic heterocycles. The van der Waals surface area contributed by atoms with Gasteiger partial charge in [-0.1, -0.05) is 0 Å². The van der Waals surface area contributed by atoms with E-state index in [0.717, 1.165) is 16.4 Å². The van der Waals surface area contributed by atoms with E-state index in [0.29, 0.717) is 11.9 Å². The van der Waals surface area contributed by atoms with Crippen LogP contribution in [0.2, 0.25) is 0 Å². The predicted octanol–water partition coefficient (Wildman–Crippen LogP) is 1.21. The lowest BCUT2D eigenvalue weighted by molar-refractivity contribution is 0.454. The van der Waals surface area contributed by atoms with Crippen molar-refractivity contribution in [1.29, 1.82) is 0 Å². The number of hydrogen-bond acceptors (Lipinski definition) is 4. The van der Waals surface area contributed by atoms with Gasteiger partial charge in [0.1, 0.15) is 5.82 Å². The number of nitrogens with one attached hydrogen (secondary N) is 1. The van der Waals surface area contributed by atoms with Crippen molar-refractivity contribution in [2.24, 2.45) is 0 Å². The van der Waals surface area contributed by atoms with Crippen molar-refractivity contribution < 1.29 is 17.2 Å². The summed E-state index contributed by atoms with van der Waals surface area (Å²) in [6, 6.07) is 2.42. The minimum absolute atomic E-state index is 0.0777. The van der Waals surface area contributed by atoms with Crippen LogP contribution in [0.5, 0.6) is 0 Å². The van der Waals surface area contributed by atoms with E-state index >= 15 is 0 Å². The van der Waals surface area contributed by atoms with Crippen molar-refractivity contribution in [3.05, 3.63) is 41.5 Å². The zero-order valence-electron chi connectivity index (χ0n) is 10.8. The molecule has 6 nitrogen and oxygen atoms in total. The normalized spacial score (nSPS) is 12.1. The molecule has 1 heterocycles. The van der Waals surface area contributed by atoms with Gasteiger partial charge in [-0.15, -0.1) is 0 Å². The van der Waals surface area contributed by atoms with E-state index in [1.165, 1.54) is 7.05 Å². The molecule has 0 atom stereocenters. The van der Waals surface area contributed by atoms with Crippen LogP contribution in [0.15, 0.2) is 23.1 Å². The molecule has 0 aliphatic rings. The van der Waals surface area contributed by atoms with Gasteiger partial charge in [-0.25, -0.2) is 22.2 Å². The lowest BCUT2D eigenvalue weighted by Gasteiger charge is -2.15. The first kappa shape index (κ1) is 14.5. The number of aromatic nitrogens is 3. The fourth-order valence-corrected chi connectivity index (χ4v) is 2.70. The number of benzene rings is 1. The first-order valence-corrected chi connectivity index (χ1v) is 7.04. The summed E-state index contributed by atoms with van der Waals surface area (Å²) in [4.78, 5) is 3.66. The van der Waals surface area contributed by atoms with Crippen LogP contribution < -0.4 is 0 Å². The van der Waals surface area contributed by atoms with E-state index in [-0.39, 0.29) is 17.3 Å². The Labute approximate surface area is 114 Å². The molecule has 1 aromatic heterocycles. The van der Waals surface area contributed by atoms with Crippen LogP contribution in [0.25, 0.3) is 0 Å². The van der Waals surface area contributed by atoms with Gasteiger partial charge in [0.15, 0.2) is 17.5 Å². The first-order chi connectivity index (χ1) is 9.30. The molecule has 20 heavy (non-hydrogen) atoms. The van der Waals surface area contributed by atoms with Crippen molar-refractivity contribution in [2.75, 3.05) is 7.05 Å². The fraction of sp³-hybridized carbons (Fsp3) is 0.273. The van der Waals surface area contributed by atoms with Gasteiger partial charge in [0.05, 0.1) is 11.4 Å². The number of hydrogen-bond donors (Lipinski definition) is 1. The number of aromatic amines is 1. The monoisotopic (exact) mass is 302 g/mol. The van der Waals surface area contributed by atoms with Gasteiger partial charge in [-0.2, -0.15) is 9.40 Å². The third kappa shape index (κ3) is 2.83. The van der Waals surface area contributed by atoms with Gasteiger partial charge in [0.2, 0.25) is 10.0 Å². The van der Waals surface area contributed by atoms with Gasteiger partial charge < -0.3 is 0 Å². The van der Waals surface area contributed by atoms with Crippen LogP contribution in [0.1, 0.15) is 11.6 Å². The summed E-state index contributed by atoms with van der Waals surface area (Å²) < 4.78 is 51.3. The first-order valence-electron chi connectivity index (χ1n) is 5.60. The van der Waals surface area contributed by atoms with E-state index in [2.05, 4.69) is 15.2 Å². The Morgan fingerprint density at radius 1 is 1.30 bits per heavy atom. The molecule has 2 rings (SSSR count). The maximum absolute atomic E-state index is 13.1. The number of nitrogens with zero attached hydrogens (tertiary/aromatic N) is 3. The Kier molecular flexibility index (Phi) is 3.82. The van der Waals surface area contributed by atoms with E-state index in [9.17, 15) is 17.2 Å². The predicted molar refractivity (Wildman–Crippen MR) is 66.1 cm³/mol. The molecule has 0 bridgehead atoms. The maximum Gasteiger partial charge on any atom is 0.243 e. The van der Waals surface area contributed by atoms with Gasteiger partial charge >= 0.3 is 0 Å². The van der Waals surface area contributed by atoms with Gasteiger partial charge in [-0.3, -0.25) is 5.10 Å². The lowest BCUT2D eigenvalue weighted by Crippen LogP contribution is -2.27. The fourth-order valence-electron chi connectivity index (χ4n) is 1.56. The second-order valence-electron chi connectivity index (χ2n) is 4.17. The van der Waals surface area contributed by atoms with Crippen molar-refractivity contribution in [3.63, 3.8) is 0 Å². The SMILES string of the molecule is Cc1nc(CN(C)S(=O)(=O)c2ccc(F)c(F)c2)n[nH]1. The zero-order chi connectivity index (χ0) is 14.9. The number of sulfonamides is 1. The van der Waals surface area contributed by atoms with Crippen LogP contribution in [-0.2, 0) is 16.6 Å². The van der Waals surface area contributed by atoms with Crippen molar-refractivity contribution in [3.8, 4) is 0 Å². The minimum atomic E-state index is -3.93. The molecular weight excluding hydrogens is 290 g/mol. The summed E-state index contributed by atoms with van der Waals surface area (Å²) >= 11 is 0. The highest BCUT2D eigenvalue weighted by Crippen LogP contribution is 2.18. The molecule has 0 radical (unpaired) electrons. The number of rotatable bonds is 4. The molecule has 0 fully saturated rings. The van der Waals surface area contributed by atoms with Gasteiger partial charge in [0, 0.05) is 7.05 Å². The zero-order valence-corrected chi connectivity index (χ0v) is 11.6. The Hall–Kier alpha value is -1.87.